The lowest BCUT2D eigenvalue weighted by Gasteiger charge is -2.34. The normalized spacial score (nSPS) is 27.3. The van der Waals surface area contributed by atoms with E-state index >= 15 is 0 Å². The summed E-state index contributed by atoms with van der Waals surface area (Å²) in [4.78, 5) is 14.3. The second-order valence-corrected chi connectivity index (χ2v) is 6.13. The number of nitrogens with zero attached hydrogens (tertiary/aromatic N) is 1. The Balaban J connectivity index is 1.80. The van der Waals surface area contributed by atoms with Crippen molar-refractivity contribution in [3.63, 3.8) is 0 Å². The van der Waals surface area contributed by atoms with Crippen LogP contribution >= 0.6 is 0 Å². The zero-order chi connectivity index (χ0) is 13.7. The molecule has 2 unspecified atom stereocenters. The van der Waals surface area contributed by atoms with Gasteiger partial charge in [0.2, 0.25) is 5.91 Å². The van der Waals surface area contributed by atoms with Crippen LogP contribution in [0.2, 0.25) is 0 Å². The maximum atomic E-state index is 12.4. The van der Waals surface area contributed by atoms with Crippen molar-refractivity contribution >= 4 is 5.91 Å². The molecule has 1 saturated heterocycles. The Hall–Kier alpha value is -0.610. The van der Waals surface area contributed by atoms with Crippen LogP contribution in [0.3, 0.4) is 0 Å². The average Bonchev–Trinajstić information content (AvgIpc) is 2.47. The number of carbonyl (C=O) groups excluding carboxylic acids is 1. The third-order valence-corrected chi connectivity index (χ3v) is 4.65. The van der Waals surface area contributed by atoms with Crippen LogP contribution in [0.1, 0.15) is 51.4 Å². The minimum absolute atomic E-state index is 0.132. The standard InChI is InChI=1S/C15H28N2O2/c1-19-13-8-5-9-17(11-13)15(18)14(16)10-12-6-3-2-4-7-12/h12-14H,2-11,16H2,1H3. The molecule has 19 heavy (non-hydrogen) atoms. The number of methoxy groups -OCH3 is 1. The van der Waals surface area contributed by atoms with Crippen molar-refractivity contribution in [2.24, 2.45) is 11.7 Å². The van der Waals surface area contributed by atoms with E-state index in [0.717, 1.165) is 25.8 Å². The van der Waals surface area contributed by atoms with E-state index in [0.29, 0.717) is 12.5 Å². The molecular formula is C15H28N2O2. The first kappa shape index (κ1) is 14.8. The summed E-state index contributed by atoms with van der Waals surface area (Å²) in [5.41, 5.74) is 6.13. The zero-order valence-corrected chi connectivity index (χ0v) is 12.1. The van der Waals surface area contributed by atoms with Gasteiger partial charge in [-0.15, -0.1) is 0 Å². The van der Waals surface area contributed by atoms with Gasteiger partial charge in [-0.1, -0.05) is 32.1 Å². The van der Waals surface area contributed by atoms with Gasteiger partial charge in [-0.3, -0.25) is 4.79 Å². The zero-order valence-electron chi connectivity index (χ0n) is 12.1. The molecule has 4 nitrogen and oxygen atoms in total. The first-order valence-electron chi connectivity index (χ1n) is 7.78. The van der Waals surface area contributed by atoms with Crippen molar-refractivity contribution in [3.8, 4) is 0 Å². The van der Waals surface area contributed by atoms with E-state index < -0.39 is 0 Å². The molecule has 1 saturated carbocycles. The summed E-state index contributed by atoms with van der Waals surface area (Å²) in [5, 5.41) is 0. The summed E-state index contributed by atoms with van der Waals surface area (Å²) in [6.45, 7) is 1.56. The van der Waals surface area contributed by atoms with Crippen LogP contribution in [0.5, 0.6) is 0 Å². The molecule has 0 aromatic carbocycles. The van der Waals surface area contributed by atoms with Gasteiger partial charge in [0.15, 0.2) is 0 Å². The van der Waals surface area contributed by atoms with Crippen LogP contribution < -0.4 is 5.73 Å². The van der Waals surface area contributed by atoms with Crippen molar-refractivity contribution in [2.75, 3.05) is 20.2 Å². The number of piperidine rings is 1. The molecule has 0 bridgehead atoms. The Morgan fingerprint density at radius 1 is 1.26 bits per heavy atom. The van der Waals surface area contributed by atoms with Crippen LogP contribution in [0.15, 0.2) is 0 Å². The largest absolute Gasteiger partial charge is 0.380 e. The predicted molar refractivity (Wildman–Crippen MR) is 75.8 cm³/mol. The third kappa shape index (κ3) is 4.18. The van der Waals surface area contributed by atoms with Gasteiger partial charge in [0.1, 0.15) is 0 Å². The van der Waals surface area contributed by atoms with Gasteiger partial charge in [0.25, 0.3) is 0 Å². The highest BCUT2D eigenvalue weighted by atomic mass is 16.5. The van der Waals surface area contributed by atoms with E-state index in [9.17, 15) is 4.79 Å². The van der Waals surface area contributed by atoms with Gasteiger partial charge in [0, 0.05) is 20.2 Å². The molecular weight excluding hydrogens is 240 g/mol. The Bertz CT molecular complexity index is 290. The van der Waals surface area contributed by atoms with Gasteiger partial charge >= 0.3 is 0 Å². The summed E-state index contributed by atoms with van der Waals surface area (Å²) in [6.07, 6.45) is 9.61. The number of likely N-dealkylation sites (tertiary alicyclic amines) is 1. The van der Waals surface area contributed by atoms with Crippen molar-refractivity contribution < 1.29 is 9.53 Å². The van der Waals surface area contributed by atoms with Crippen molar-refractivity contribution in [3.05, 3.63) is 0 Å². The fourth-order valence-electron chi connectivity index (χ4n) is 3.45. The van der Waals surface area contributed by atoms with Gasteiger partial charge in [-0.25, -0.2) is 0 Å². The first-order valence-corrected chi connectivity index (χ1v) is 7.78. The first-order chi connectivity index (χ1) is 9.20. The Morgan fingerprint density at radius 2 is 2.00 bits per heavy atom. The fourth-order valence-corrected chi connectivity index (χ4v) is 3.45. The van der Waals surface area contributed by atoms with Crippen LogP contribution in [-0.2, 0) is 9.53 Å². The van der Waals surface area contributed by atoms with E-state index in [-0.39, 0.29) is 18.1 Å². The van der Waals surface area contributed by atoms with Gasteiger partial charge in [-0.2, -0.15) is 0 Å². The van der Waals surface area contributed by atoms with Crippen molar-refractivity contribution in [1.29, 1.82) is 0 Å². The third-order valence-electron chi connectivity index (χ3n) is 4.65. The van der Waals surface area contributed by atoms with Gasteiger partial charge in [0.05, 0.1) is 12.1 Å². The number of carbonyl (C=O) groups is 1. The van der Waals surface area contributed by atoms with E-state index in [4.69, 9.17) is 10.5 Å². The predicted octanol–water partition coefficient (Wildman–Crippen LogP) is 1.92. The molecule has 2 fully saturated rings. The quantitative estimate of drug-likeness (QED) is 0.847. The highest BCUT2D eigenvalue weighted by Crippen LogP contribution is 2.27. The molecule has 110 valence electrons. The number of hydrogen-bond acceptors (Lipinski definition) is 3. The Morgan fingerprint density at radius 3 is 2.68 bits per heavy atom. The lowest BCUT2D eigenvalue weighted by Crippen LogP contribution is -2.50. The number of amides is 1. The molecule has 2 atom stereocenters. The monoisotopic (exact) mass is 268 g/mol. The summed E-state index contributed by atoms with van der Waals surface area (Å²) in [6, 6.07) is -0.307. The molecule has 0 aromatic rings. The summed E-state index contributed by atoms with van der Waals surface area (Å²) in [7, 11) is 1.72. The molecule has 1 amide bonds. The molecule has 1 heterocycles. The molecule has 2 aliphatic rings. The number of hydrogen-bond donors (Lipinski definition) is 1. The molecule has 1 aliphatic heterocycles. The Labute approximate surface area is 116 Å². The lowest BCUT2D eigenvalue weighted by molar-refractivity contribution is -0.136. The van der Waals surface area contributed by atoms with E-state index in [2.05, 4.69) is 0 Å². The highest BCUT2D eigenvalue weighted by Gasteiger charge is 2.28. The SMILES string of the molecule is COC1CCCN(C(=O)C(N)CC2CCCCC2)C1. The van der Waals surface area contributed by atoms with Crippen molar-refractivity contribution in [2.45, 2.75) is 63.5 Å². The topological polar surface area (TPSA) is 55.6 Å². The molecule has 0 aromatic heterocycles. The summed E-state index contributed by atoms with van der Waals surface area (Å²) in [5.74, 6) is 0.794. The second kappa shape index (κ2) is 7.25. The van der Waals surface area contributed by atoms with Crippen molar-refractivity contribution in [1.82, 2.24) is 4.90 Å². The van der Waals surface area contributed by atoms with Gasteiger partial charge < -0.3 is 15.4 Å². The van der Waals surface area contributed by atoms with Crippen LogP contribution in [0, 0.1) is 5.92 Å². The van der Waals surface area contributed by atoms with Crippen LogP contribution in [-0.4, -0.2) is 43.2 Å². The van der Waals surface area contributed by atoms with Gasteiger partial charge in [-0.05, 0) is 25.2 Å². The minimum Gasteiger partial charge on any atom is -0.380 e. The minimum atomic E-state index is -0.307. The lowest BCUT2D eigenvalue weighted by atomic mass is 9.84. The number of rotatable bonds is 4. The number of ether oxygens (including phenoxy) is 1. The molecule has 0 spiro atoms. The summed E-state index contributed by atoms with van der Waals surface area (Å²) >= 11 is 0. The van der Waals surface area contributed by atoms with E-state index in [1.54, 1.807) is 7.11 Å². The Kier molecular flexibility index (Phi) is 5.64. The number of nitrogens with two attached hydrogens (primary N) is 1. The average molecular weight is 268 g/mol. The maximum Gasteiger partial charge on any atom is 0.239 e. The maximum absolute atomic E-state index is 12.4. The smallest absolute Gasteiger partial charge is 0.239 e. The van der Waals surface area contributed by atoms with E-state index in [1.807, 2.05) is 4.90 Å². The highest BCUT2D eigenvalue weighted by molar-refractivity contribution is 5.81. The van der Waals surface area contributed by atoms with Crippen LogP contribution in [0.25, 0.3) is 0 Å². The summed E-state index contributed by atoms with van der Waals surface area (Å²) < 4.78 is 5.37. The molecule has 0 radical (unpaired) electrons. The second-order valence-electron chi connectivity index (χ2n) is 6.13. The van der Waals surface area contributed by atoms with Crippen LogP contribution in [0.4, 0.5) is 0 Å². The molecule has 4 heteroatoms. The molecule has 1 aliphatic carbocycles. The molecule has 2 N–H and O–H groups in total. The van der Waals surface area contributed by atoms with E-state index in [1.165, 1.54) is 32.1 Å². The fraction of sp³-hybridized carbons (Fsp3) is 0.933. The molecule has 2 rings (SSSR count).